The molecule has 1 aliphatic rings. The fourth-order valence-electron chi connectivity index (χ4n) is 0.236. The fourth-order valence-corrected chi connectivity index (χ4v) is 0.236. The first kappa shape index (κ1) is 3.88. The summed E-state index contributed by atoms with van der Waals surface area (Å²) in [5, 5.41) is 2.28. The van der Waals surface area contributed by atoms with Crippen LogP contribution in [-0.2, 0) is 4.79 Å². The van der Waals surface area contributed by atoms with Gasteiger partial charge in [0.25, 0.3) is 0 Å². The van der Waals surface area contributed by atoms with E-state index in [9.17, 15) is 4.79 Å². The summed E-state index contributed by atoms with van der Waals surface area (Å²) in [6.07, 6.45) is 0.548. The molecule has 0 aromatic heterocycles. The maximum absolute atomic E-state index is 9.55. The van der Waals surface area contributed by atoms with Crippen molar-refractivity contribution < 1.29 is 4.79 Å². The van der Waals surface area contributed by atoms with E-state index in [4.69, 9.17) is 0 Å². The summed E-state index contributed by atoms with van der Waals surface area (Å²) in [6.45, 7) is 0. The second-order valence-electron chi connectivity index (χ2n) is 0.959. The van der Waals surface area contributed by atoms with Crippen LogP contribution in [0.5, 0.6) is 0 Å². The smallest absolute Gasteiger partial charge is 0.213 e. The van der Waals surface area contributed by atoms with E-state index < -0.39 is 0 Å². The molecule has 0 saturated carbocycles. The molecule has 0 aromatic rings. The molecule has 0 bridgehead atoms. The maximum atomic E-state index is 9.55. The zero-order valence-corrected chi connectivity index (χ0v) is 3.43. The largest absolute Gasteiger partial charge is 0.305 e. The zero-order chi connectivity index (χ0) is 5.11. The van der Waals surface area contributed by atoms with E-state index in [1.807, 2.05) is 0 Å². The van der Waals surface area contributed by atoms with Crippen LogP contribution in [0.25, 0.3) is 0 Å². The number of carbonyl (C=O) groups excluding carboxylic acids is 1. The molecule has 0 aliphatic carbocycles. The van der Waals surface area contributed by atoms with Crippen LogP contribution >= 0.6 is 0 Å². The number of hydrogen-bond donors (Lipinski definition) is 1. The monoisotopic (exact) mass is 94.0 g/mol. The molecule has 3 heteroatoms. The highest BCUT2D eigenvalue weighted by atomic mass is 16.1. The number of hydrogen-bond acceptors (Lipinski definition) is 2. The summed E-state index contributed by atoms with van der Waals surface area (Å²) in [7, 11) is 0. The van der Waals surface area contributed by atoms with Gasteiger partial charge in [0.15, 0.2) is 5.84 Å². The van der Waals surface area contributed by atoms with Gasteiger partial charge in [-0.25, -0.2) is 0 Å². The molecule has 0 unspecified atom stereocenters. The minimum Gasteiger partial charge on any atom is -0.305 e. The van der Waals surface area contributed by atoms with Crippen LogP contribution in [0, 0.1) is 12.0 Å². The second-order valence-corrected chi connectivity index (χ2v) is 0.959. The molecule has 1 heterocycles. The third-order valence-corrected chi connectivity index (χ3v) is 0.538. The molecule has 3 nitrogen and oxygen atoms in total. The Hall–Kier alpha value is -1.30. The number of rotatable bonds is 1. The molecular weight excluding hydrogens is 92.1 g/mol. The lowest BCUT2D eigenvalue weighted by Crippen LogP contribution is -2.21. The van der Waals surface area contributed by atoms with Gasteiger partial charge in [0.1, 0.15) is 0 Å². The molecule has 34 valence electrons. The first-order chi connectivity index (χ1) is 3.43. The molecule has 0 saturated heterocycles. The fraction of sp³-hybridized carbons (Fsp3) is 0. The summed E-state index contributed by atoms with van der Waals surface area (Å²) < 4.78 is 0. The van der Waals surface area contributed by atoms with Crippen molar-refractivity contribution in [2.24, 2.45) is 4.99 Å². The van der Waals surface area contributed by atoms with E-state index in [-0.39, 0.29) is 0 Å². The summed E-state index contributed by atoms with van der Waals surface area (Å²) in [5.41, 5.74) is 0. The Bertz CT molecular complexity index is 172. The molecule has 0 radical (unpaired) electrons. The lowest BCUT2D eigenvalue weighted by molar-refractivity contribution is -0.108. The number of amidine groups is 1. The van der Waals surface area contributed by atoms with E-state index >= 15 is 0 Å². The molecular formula is C4H2N2O. The average Bonchev–Trinajstić information content (AvgIpc) is 1.55. The van der Waals surface area contributed by atoms with Crippen LogP contribution in [0.4, 0.5) is 0 Å². The van der Waals surface area contributed by atoms with Crippen LogP contribution in [0.3, 0.4) is 0 Å². The van der Waals surface area contributed by atoms with Crippen molar-refractivity contribution in [1.29, 1.82) is 0 Å². The van der Waals surface area contributed by atoms with Gasteiger partial charge >= 0.3 is 0 Å². The highest BCUT2D eigenvalue weighted by Crippen LogP contribution is 1.77. The summed E-state index contributed by atoms with van der Waals surface area (Å²) in [6, 6.07) is 2.36. The van der Waals surface area contributed by atoms with E-state index in [1.54, 1.807) is 0 Å². The quantitative estimate of drug-likeness (QED) is 0.332. The van der Waals surface area contributed by atoms with Crippen molar-refractivity contribution in [2.45, 2.75) is 0 Å². The van der Waals surface area contributed by atoms with E-state index in [2.05, 4.69) is 22.3 Å². The van der Waals surface area contributed by atoms with E-state index in [1.165, 1.54) is 0 Å². The van der Waals surface area contributed by atoms with Crippen molar-refractivity contribution in [3.8, 4) is 12.0 Å². The van der Waals surface area contributed by atoms with Gasteiger partial charge in [0, 0.05) is 6.04 Å². The number of nitrogens with zero attached hydrogens (tertiary/aromatic N) is 1. The molecule has 7 heavy (non-hydrogen) atoms. The molecule has 0 spiro atoms. The molecule has 0 fully saturated rings. The molecule has 0 aromatic carbocycles. The van der Waals surface area contributed by atoms with Gasteiger partial charge in [-0.1, -0.05) is 0 Å². The SMILES string of the molecule is O=CNC1=NC#C1. The minimum absolute atomic E-state index is 0.454. The first-order valence-corrected chi connectivity index (χ1v) is 1.72. The zero-order valence-electron chi connectivity index (χ0n) is 3.43. The number of nitrogens with one attached hydrogen (secondary N) is 1. The first-order valence-electron chi connectivity index (χ1n) is 1.72. The molecule has 1 amide bonds. The summed E-state index contributed by atoms with van der Waals surface area (Å²) in [4.78, 5) is 13.0. The Balaban J connectivity index is 2.35. The van der Waals surface area contributed by atoms with Crippen LogP contribution in [0.2, 0.25) is 0 Å². The van der Waals surface area contributed by atoms with Gasteiger partial charge in [-0.15, -0.1) is 0 Å². The van der Waals surface area contributed by atoms with Crippen LogP contribution < -0.4 is 5.32 Å². The molecule has 1 rings (SSSR count). The predicted molar refractivity (Wildman–Crippen MR) is 24.4 cm³/mol. The van der Waals surface area contributed by atoms with Crippen molar-refractivity contribution in [3.63, 3.8) is 0 Å². The lowest BCUT2D eigenvalue weighted by atomic mass is 10.5. The van der Waals surface area contributed by atoms with Gasteiger partial charge in [-0.05, 0) is 5.92 Å². The van der Waals surface area contributed by atoms with Crippen LogP contribution in [0.1, 0.15) is 0 Å². The molecule has 0 atom stereocenters. The Morgan fingerprint density at radius 1 is 1.86 bits per heavy atom. The van der Waals surface area contributed by atoms with Gasteiger partial charge in [0.2, 0.25) is 6.41 Å². The third kappa shape index (κ3) is 0.578. The average molecular weight is 94.1 g/mol. The van der Waals surface area contributed by atoms with Gasteiger partial charge in [-0.3, -0.25) is 4.79 Å². The van der Waals surface area contributed by atoms with Crippen molar-refractivity contribution in [3.05, 3.63) is 0 Å². The highest BCUT2D eigenvalue weighted by Gasteiger charge is 1.93. The molecule has 1 N–H and O–H groups in total. The third-order valence-electron chi connectivity index (χ3n) is 0.538. The van der Waals surface area contributed by atoms with E-state index in [0.717, 1.165) is 0 Å². The van der Waals surface area contributed by atoms with Crippen molar-refractivity contribution >= 4 is 12.2 Å². The Labute approximate surface area is 40.4 Å². The van der Waals surface area contributed by atoms with Crippen LogP contribution in [0.15, 0.2) is 4.99 Å². The van der Waals surface area contributed by atoms with Crippen molar-refractivity contribution in [2.75, 3.05) is 0 Å². The van der Waals surface area contributed by atoms with Crippen LogP contribution in [-0.4, -0.2) is 12.2 Å². The number of carbonyl (C=O) groups is 1. The van der Waals surface area contributed by atoms with Gasteiger partial charge in [0.05, 0.1) is 0 Å². The predicted octanol–water partition coefficient (Wildman–Crippen LogP) is -0.895. The Kier molecular flexibility index (Phi) is 0.794. The summed E-state index contributed by atoms with van der Waals surface area (Å²) >= 11 is 0. The Morgan fingerprint density at radius 3 is 2.71 bits per heavy atom. The standard InChI is InChI=1S/C4H2N2O/c7-3-6-4-1-2-5-4/h3H,(H,5,6,7). The topological polar surface area (TPSA) is 41.5 Å². The van der Waals surface area contributed by atoms with Gasteiger partial charge < -0.3 is 5.32 Å². The Morgan fingerprint density at radius 2 is 2.57 bits per heavy atom. The number of aliphatic imine (C=N–C) groups is 1. The van der Waals surface area contributed by atoms with Gasteiger partial charge in [-0.2, -0.15) is 4.99 Å². The number of amides is 1. The lowest BCUT2D eigenvalue weighted by Gasteiger charge is -1.93. The van der Waals surface area contributed by atoms with Crippen molar-refractivity contribution in [1.82, 2.24) is 5.32 Å². The second kappa shape index (κ2) is 1.43. The highest BCUT2D eigenvalue weighted by molar-refractivity contribution is 6.07. The summed E-state index contributed by atoms with van der Waals surface area (Å²) in [5.74, 6) is 2.96. The molecule has 1 aliphatic heterocycles. The normalized spacial score (nSPS) is 12.3. The van der Waals surface area contributed by atoms with E-state index in [0.29, 0.717) is 12.2 Å². The minimum atomic E-state index is 0.454. The maximum Gasteiger partial charge on any atom is 0.213 e.